The summed E-state index contributed by atoms with van der Waals surface area (Å²) in [5, 5.41) is 8.99. The zero-order valence-electron chi connectivity index (χ0n) is 14.3. The molecule has 0 saturated heterocycles. The van der Waals surface area contributed by atoms with Crippen molar-refractivity contribution in [2.45, 2.75) is 32.1 Å². The van der Waals surface area contributed by atoms with Gasteiger partial charge in [0, 0.05) is 29.8 Å². The van der Waals surface area contributed by atoms with E-state index in [9.17, 15) is 0 Å². The maximum atomic E-state index is 4.76. The van der Waals surface area contributed by atoms with Gasteiger partial charge in [-0.3, -0.25) is 4.99 Å². The fourth-order valence-electron chi connectivity index (χ4n) is 3.00. The first-order valence-electron chi connectivity index (χ1n) is 8.41. The van der Waals surface area contributed by atoms with Gasteiger partial charge in [-0.15, -0.1) is 35.3 Å². The van der Waals surface area contributed by atoms with E-state index in [4.69, 9.17) is 4.99 Å². The van der Waals surface area contributed by atoms with Crippen molar-refractivity contribution < 1.29 is 0 Å². The van der Waals surface area contributed by atoms with Crippen LogP contribution in [0.4, 0.5) is 0 Å². The standard InChI is InChI=1S/C19H25N3S.HI/c1-3-20-19(21-12-14(2)18-9-6-10-23-18)22-13-16-11-15-7-4-5-8-17(15)16;/h4-10,14,16H,3,11-13H2,1-2H3,(H2,20,21,22);1H. The molecular formula is C19H26IN3S. The molecule has 1 aromatic heterocycles. The predicted octanol–water partition coefficient (Wildman–Crippen LogP) is 4.36. The molecule has 0 fully saturated rings. The molecule has 0 bridgehead atoms. The van der Waals surface area contributed by atoms with E-state index >= 15 is 0 Å². The normalized spacial score (nSPS) is 17.2. The number of nitrogens with zero attached hydrogens (tertiary/aromatic N) is 1. The quantitative estimate of drug-likeness (QED) is 0.386. The summed E-state index contributed by atoms with van der Waals surface area (Å²) in [6.07, 6.45) is 1.17. The van der Waals surface area contributed by atoms with Crippen LogP contribution in [0, 0.1) is 0 Å². The van der Waals surface area contributed by atoms with Crippen molar-refractivity contribution >= 4 is 41.3 Å². The molecule has 3 nitrogen and oxygen atoms in total. The summed E-state index contributed by atoms with van der Waals surface area (Å²) in [5.74, 6) is 2.01. The van der Waals surface area contributed by atoms with Crippen LogP contribution in [0.3, 0.4) is 0 Å². The van der Waals surface area contributed by atoms with Gasteiger partial charge in [-0.25, -0.2) is 0 Å². The van der Waals surface area contributed by atoms with E-state index in [2.05, 4.69) is 66.3 Å². The molecule has 1 aliphatic carbocycles. The molecule has 0 spiro atoms. The highest BCUT2D eigenvalue weighted by Gasteiger charge is 2.25. The Balaban J connectivity index is 0.00000208. The van der Waals surface area contributed by atoms with Crippen LogP contribution in [0.15, 0.2) is 46.8 Å². The maximum Gasteiger partial charge on any atom is 0.191 e. The molecule has 0 amide bonds. The fraction of sp³-hybridized carbons (Fsp3) is 0.421. The first-order chi connectivity index (χ1) is 11.3. The third-order valence-corrected chi connectivity index (χ3v) is 5.48. The number of nitrogens with one attached hydrogen (secondary N) is 2. The predicted molar refractivity (Wildman–Crippen MR) is 115 cm³/mol. The Morgan fingerprint density at radius 1 is 1.25 bits per heavy atom. The highest BCUT2D eigenvalue weighted by Crippen LogP contribution is 2.33. The van der Waals surface area contributed by atoms with Gasteiger partial charge in [-0.2, -0.15) is 0 Å². The molecule has 1 aliphatic rings. The lowest BCUT2D eigenvalue weighted by Gasteiger charge is -2.30. The van der Waals surface area contributed by atoms with E-state index in [0.717, 1.165) is 25.6 Å². The van der Waals surface area contributed by atoms with E-state index < -0.39 is 0 Å². The molecule has 2 unspecified atom stereocenters. The van der Waals surface area contributed by atoms with E-state index in [-0.39, 0.29) is 24.0 Å². The lowest BCUT2D eigenvalue weighted by Crippen LogP contribution is -2.41. The number of thiophene rings is 1. The topological polar surface area (TPSA) is 36.4 Å². The van der Waals surface area contributed by atoms with E-state index in [1.807, 2.05) is 11.3 Å². The van der Waals surface area contributed by atoms with E-state index in [1.54, 1.807) is 0 Å². The zero-order chi connectivity index (χ0) is 16.1. The van der Waals surface area contributed by atoms with Crippen LogP contribution in [0.1, 0.15) is 41.7 Å². The fourth-order valence-corrected chi connectivity index (χ4v) is 3.77. The number of benzene rings is 1. The Hall–Kier alpha value is -1.08. The molecule has 2 N–H and O–H groups in total. The van der Waals surface area contributed by atoms with Crippen molar-refractivity contribution in [1.29, 1.82) is 0 Å². The molecular weight excluding hydrogens is 429 g/mol. The molecule has 1 aromatic carbocycles. The summed E-state index contributed by atoms with van der Waals surface area (Å²) in [5.41, 5.74) is 2.98. The second-order valence-electron chi connectivity index (χ2n) is 6.12. The van der Waals surface area contributed by atoms with Gasteiger partial charge in [-0.1, -0.05) is 37.3 Å². The average Bonchev–Trinajstić information content (AvgIpc) is 3.07. The van der Waals surface area contributed by atoms with Crippen molar-refractivity contribution in [3.63, 3.8) is 0 Å². The molecule has 2 atom stereocenters. The Bertz CT molecular complexity index is 654. The highest BCUT2D eigenvalue weighted by molar-refractivity contribution is 14.0. The minimum Gasteiger partial charge on any atom is -0.357 e. The summed E-state index contributed by atoms with van der Waals surface area (Å²) >= 11 is 1.81. The number of fused-ring (bicyclic) bond motifs is 1. The average molecular weight is 455 g/mol. The molecule has 1 heterocycles. The lowest BCUT2D eigenvalue weighted by atomic mass is 9.78. The van der Waals surface area contributed by atoms with Crippen LogP contribution in [-0.2, 0) is 6.42 Å². The summed E-state index contributed by atoms with van der Waals surface area (Å²) in [6, 6.07) is 13.0. The van der Waals surface area contributed by atoms with Crippen LogP contribution in [0.5, 0.6) is 0 Å². The smallest absolute Gasteiger partial charge is 0.191 e. The number of rotatable bonds is 6. The van der Waals surface area contributed by atoms with Gasteiger partial charge >= 0.3 is 0 Å². The van der Waals surface area contributed by atoms with Gasteiger partial charge in [0.1, 0.15) is 0 Å². The Kier molecular flexibility index (Phi) is 7.55. The third-order valence-electron chi connectivity index (χ3n) is 4.37. The molecule has 24 heavy (non-hydrogen) atoms. The summed E-state index contributed by atoms with van der Waals surface area (Å²) in [4.78, 5) is 6.16. The lowest BCUT2D eigenvalue weighted by molar-refractivity contribution is 0.583. The van der Waals surface area contributed by atoms with Crippen LogP contribution >= 0.6 is 35.3 Å². The first kappa shape index (κ1) is 19.2. The summed E-state index contributed by atoms with van der Waals surface area (Å²) < 4.78 is 0. The third kappa shape index (κ3) is 4.72. The van der Waals surface area contributed by atoms with Crippen molar-refractivity contribution in [2.24, 2.45) is 4.99 Å². The van der Waals surface area contributed by atoms with Crippen LogP contribution in [0.2, 0.25) is 0 Å². The minimum atomic E-state index is 0. The van der Waals surface area contributed by atoms with Crippen LogP contribution in [0.25, 0.3) is 0 Å². The molecule has 2 aromatic rings. The SMILES string of the molecule is CCNC(=NCC(C)c1cccs1)NCC1Cc2ccccc21.I. The van der Waals surface area contributed by atoms with E-state index in [0.29, 0.717) is 11.8 Å². The zero-order valence-corrected chi connectivity index (χ0v) is 17.4. The Labute approximate surface area is 166 Å². The van der Waals surface area contributed by atoms with Gasteiger partial charge in [-0.05, 0) is 35.9 Å². The van der Waals surface area contributed by atoms with Crippen molar-refractivity contribution in [2.75, 3.05) is 19.6 Å². The van der Waals surface area contributed by atoms with Crippen LogP contribution < -0.4 is 10.6 Å². The van der Waals surface area contributed by atoms with Gasteiger partial charge < -0.3 is 10.6 Å². The van der Waals surface area contributed by atoms with Gasteiger partial charge in [0.2, 0.25) is 0 Å². The summed E-state index contributed by atoms with van der Waals surface area (Å²) in [6.45, 7) is 7.01. The summed E-state index contributed by atoms with van der Waals surface area (Å²) in [7, 11) is 0. The maximum absolute atomic E-state index is 4.76. The van der Waals surface area contributed by atoms with Gasteiger partial charge in [0.05, 0.1) is 6.54 Å². The monoisotopic (exact) mass is 455 g/mol. The highest BCUT2D eigenvalue weighted by atomic mass is 127. The molecule has 5 heteroatoms. The van der Waals surface area contributed by atoms with Crippen molar-refractivity contribution in [1.82, 2.24) is 10.6 Å². The Morgan fingerprint density at radius 3 is 2.79 bits per heavy atom. The molecule has 130 valence electrons. The molecule has 0 radical (unpaired) electrons. The van der Waals surface area contributed by atoms with Crippen LogP contribution in [-0.4, -0.2) is 25.6 Å². The first-order valence-corrected chi connectivity index (χ1v) is 9.29. The van der Waals surface area contributed by atoms with Crippen molar-refractivity contribution in [3.05, 3.63) is 57.8 Å². The number of halogens is 1. The number of guanidine groups is 1. The second-order valence-corrected chi connectivity index (χ2v) is 7.10. The molecule has 3 rings (SSSR count). The molecule has 0 saturated carbocycles. The van der Waals surface area contributed by atoms with E-state index in [1.165, 1.54) is 22.4 Å². The second kappa shape index (κ2) is 9.42. The van der Waals surface area contributed by atoms with Gasteiger partial charge in [0.15, 0.2) is 5.96 Å². The largest absolute Gasteiger partial charge is 0.357 e. The van der Waals surface area contributed by atoms with Crippen molar-refractivity contribution in [3.8, 4) is 0 Å². The number of hydrogen-bond donors (Lipinski definition) is 2. The minimum absolute atomic E-state index is 0. The number of aliphatic imine (C=N–C) groups is 1. The number of hydrogen-bond acceptors (Lipinski definition) is 2. The molecule has 0 aliphatic heterocycles. The van der Waals surface area contributed by atoms with Gasteiger partial charge in [0.25, 0.3) is 0 Å². The Morgan fingerprint density at radius 2 is 2.08 bits per heavy atom.